The van der Waals surface area contributed by atoms with Crippen LogP contribution in [0.1, 0.15) is 23.5 Å². The van der Waals surface area contributed by atoms with Gasteiger partial charge in [-0.3, -0.25) is 0 Å². The summed E-state index contributed by atoms with van der Waals surface area (Å²) < 4.78 is 88.4. The van der Waals surface area contributed by atoms with Crippen LogP contribution < -0.4 is 25.2 Å². The van der Waals surface area contributed by atoms with Crippen molar-refractivity contribution in [2.75, 3.05) is 9.80 Å². The molecule has 0 saturated carbocycles. The van der Waals surface area contributed by atoms with Gasteiger partial charge >= 0.3 is 0 Å². The van der Waals surface area contributed by atoms with E-state index in [-0.39, 0.29) is 78.7 Å². The Morgan fingerprint density at radius 2 is 1.33 bits per heavy atom. The van der Waals surface area contributed by atoms with Crippen molar-refractivity contribution in [3.63, 3.8) is 0 Å². The second kappa shape index (κ2) is 18.8. The molecule has 66 heavy (non-hydrogen) atoms. The minimum absolute atomic E-state index is 0. The zero-order valence-electron chi connectivity index (χ0n) is 43.9. The molecule has 11 heteroatoms. The third kappa shape index (κ3) is 8.05. The van der Waals surface area contributed by atoms with Crippen molar-refractivity contribution >= 4 is 81.1 Å². The minimum atomic E-state index is -2.76. The summed E-state index contributed by atoms with van der Waals surface area (Å²) in [6, 6.07) is 29.8. The number of fused-ring (bicyclic) bond motifs is 5. The van der Waals surface area contributed by atoms with Crippen molar-refractivity contribution in [3.05, 3.63) is 236 Å². The van der Waals surface area contributed by atoms with Gasteiger partial charge in [-0.1, -0.05) is 101 Å². The summed E-state index contributed by atoms with van der Waals surface area (Å²) in [5.74, 6) is 4.01. The van der Waals surface area contributed by atoms with Crippen LogP contribution in [0, 0.1) is 18.8 Å². The molecule has 0 spiro atoms. The number of anilines is 4. The Balaban J connectivity index is 0.00000641. The Bertz CT molecular complexity index is 3790. The molecule has 0 atom stereocenters. The number of ether oxygens (including phenoxy) is 1. The van der Waals surface area contributed by atoms with E-state index < -0.39 is 25.1 Å². The Morgan fingerprint density at radius 3 is 2.09 bits per heavy atom. The average Bonchev–Trinajstić information content (AvgIpc) is 4.09. The molecule has 3 aliphatic rings. The van der Waals surface area contributed by atoms with Gasteiger partial charge in [0.05, 0.1) is 16.5 Å². The first-order valence-corrected chi connectivity index (χ1v) is 20.8. The van der Waals surface area contributed by atoms with Crippen LogP contribution in [0.5, 0.6) is 11.5 Å². The smallest absolute Gasteiger partial charge is 0.213 e. The third-order valence-corrected chi connectivity index (χ3v) is 11.0. The minimum Gasteiger partial charge on any atom is -0.509 e. The molecule has 0 fully saturated rings. The third-order valence-electron chi connectivity index (χ3n) is 11.0. The maximum atomic E-state index is 9.34. The number of aryl methyl sites for hydroxylation is 1. The van der Waals surface area contributed by atoms with Crippen LogP contribution in [0.3, 0.4) is 0 Å². The second-order valence-corrected chi connectivity index (χ2v) is 14.9. The molecule has 6 aromatic carbocycles. The Kier molecular flexibility index (Phi) is 9.38. The van der Waals surface area contributed by atoms with Gasteiger partial charge in [-0.15, -0.1) is 60.0 Å². The number of aromatic nitrogens is 3. The zero-order chi connectivity index (χ0) is 51.3. The van der Waals surface area contributed by atoms with E-state index in [0.29, 0.717) is 22.1 Å². The molecule has 0 amide bonds. The molecule has 8 aromatic rings. The molecule has 8 nitrogen and oxygen atoms in total. The fraction of sp³-hybridized carbons (Fsp3) is 0.0182. The number of para-hydroxylation sites is 6. The van der Waals surface area contributed by atoms with E-state index in [1.807, 2.05) is 127 Å². The fourth-order valence-corrected chi connectivity index (χ4v) is 8.09. The van der Waals surface area contributed by atoms with E-state index in [4.69, 9.17) is 20.7 Å². The molecule has 320 valence electrons. The summed E-state index contributed by atoms with van der Waals surface area (Å²) in [5.41, 5.74) is 7.05. The van der Waals surface area contributed by atoms with Gasteiger partial charge in [0.1, 0.15) is 0 Å². The summed E-state index contributed by atoms with van der Waals surface area (Å²) in [4.78, 5) is 8.63. The molecule has 5 heterocycles. The van der Waals surface area contributed by atoms with Crippen molar-refractivity contribution < 1.29 is 38.1 Å². The van der Waals surface area contributed by atoms with Crippen LogP contribution in [-0.4, -0.2) is 28.7 Å². The van der Waals surface area contributed by atoms with Gasteiger partial charge in [-0.05, 0) is 72.5 Å². The molecule has 3 aliphatic heterocycles. The van der Waals surface area contributed by atoms with Gasteiger partial charge in [-0.2, -0.15) is 12.1 Å². The van der Waals surface area contributed by atoms with Crippen molar-refractivity contribution in [2.24, 2.45) is 6.98 Å². The summed E-state index contributed by atoms with van der Waals surface area (Å²) in [7, 11) is 4.11. The van der Waals surface area contributed by atoms with Crippen LogP contribution in [0.2, 0.25) is 0 Å². The van der Waals surface area contributed by atoms with Gasteiger partial charge in [0.25, 0.3) is 0 Å². The molecule has 0 bridgehead atoms. The van der Waals surface area contributed by atoms with Crippen LogP contribution in [-0.2, 0) is 28.0 Å². The summed E-state index contributed by atoms with van der Waals surface area (Å²) in [6.45, 7) is -0.869. The fourth-order valence-electron chi connectivity index (χ4n) is 8.09. The largest absolute Gasteiger partial charge is 0.509 e. The van der Waals surface area contributed by atoms with Crippen LogP contribution in [0.25, 0.3) is 49.7 Å². The van der Waals surface area contributed by atoms with Gasteiger partial charge in [-0.25, -0.2) is 4.98 Å². The number of imidazole rings is 1. The summed E-state index contributed by atoms with van der Waals surface area (Å²) in [5, 5.41) is 6.81. The van der Waals surface area contributed by atoms with E-state index in [1.54, 1.807) is 36.4 Å². The molecule has 11 rings (SSSR count). The van der Waals surface area contributed by atoms with E-state index in [9.17, 15) is 1.37 Å². The number of allylic oxidation sites excluding steroid dienone is 8. The van der Waals surface area contributed by atoms with Gasteiger partial charge in [0, 0.05) is 92.4 Å². The Morgan fingerprint density at radius 1 is 0.652 bits per heavy atom. The van der Waals surface area contributed by atoms with E-state index >= 15 is 0 Å². The standard InChI is InChI=1S/C55H40B2N7O.Pt/c1-61-50-25-5-3-23-48(50)60-55(61)64-49-24-4-2-18-42(49)43-29-28-41(37-53(43)64)65-40-17-12-16-39(36-40)62-38-63(52-27-7-6-26-51(52)62)54-44(46-21-14-34-58-32-10-8-30-56-46)19-13-20-45(54)47-22-15-35-59-33-11-9-31-57-47;/h2-35,38,58-59H,1H3;/q-3;/b30-8-,31-9-,32-10-,33-11-,34-14-,35-15-,46-21-,47-22-;/i1D3,2D,4D,12D,16D,18D,24D;. The molecule has 2 N–H and O–H groups in total. The SMILES string of the molecule is [2H]c1cc(Oc2[c-]c3c(cc2)c2c([2H])c([2H])c([2H])c([2H])c2n3-c2nc3ccccc3n2C([2H])([2H])[2H])[c-]c(N2[CH-]N(c3c(/C4=C/C=C\N/C=C\C=C/[B]4)cccc3/C3=C/C=C\N/C=C\C=C/[B]3)c3ccccc32)c1[2H].[Pt]. The monoisotopic (exact) mass is 1040 g/mol. The Hall–Kier alpha value is -7.67. The maximum absolute atomic E-state index is 9.34. The topological polar surface area (TPSA) is 62.5 Å². The van der Waals surface area contributed by atoms with Gasteiger partial charge in [0.2, 0.25) is 5.95 Å². The normalized spacial score (nSPS) is 21.1. The van der Waals surface area contributed by atoms with E-state index in [1.165, 1.54) is 10.6 Å². The average molecular weight is 1040 g/mol. The number of rotatable bonds is 7. The Labute approximate surface area is 413 Å². The van der Waals surface area contributed by atoms with Crippen LogP contribution in [0.4, 0.5) is 22.7 Å². The summed E-state index contributed by atoms with van der Waals surface area (Å²) in [6.07, 6.45) is 23.1. The van der Waals surface area contributed by atoms with Gasteiger partial charge in [0.15, 0.2) is 14.6 Å². The quantitative estimate of drug-likeness (QED) is 0.123. The van der Waals surface area contributed by atoms with Crippen LogP contribution >= 0.6 is 0 Å². The first kappa shape index (κ1) is 32.9. The number of nitrogens with zero attached hydrogens (tertiary/aromatic N) is 5. The first-order valence-electron chi connectivity index (χ1n) is 25.3. The molecule has 0 unspecified atom stereocenters. The molecule has 0 aliphatic carbocycles. The number of nitrogens with one attached hydrogen (secondary N) is 2. The zero-order valence-corrected chi connectivity index (χ0v) is 37.1. The second-order valence-electron chi connectivity index (χ2n) is 14.9. The van der Waals surface area contributed by atoms with Gasteiger partial charge < -0.3 is 34.3 Å². The molecule has 0 saturated heterocycles. The first-order chi connectivity index (χ1) is 35.9. The number of hydrogen-bond acceptors (Lipinski definition) is 6. The van der Waals surface area contributed by atoms with Crippen molar-refractivity contribution in [3.8, 4) is 17.4 Å². The molecule has 2 radical (unpaired) electrons. The predicted octanol–water partition coefficient (Wildman–Crippen LogP) is 11.8. The van der Waals surface area contributed by atoms with Crippen LogP contribution in [0.15, 0.2) is 207 Å². The van der Waals surface area contributed by atoms with Crippen molar-refractivity contribution in [1.29, 1.82) is 0 Å². The molecular weight excluding hydrogens is 991 g/mol. The van der Waals surface area contributed by atoms with Crippen molar-refractivity contribution in [2.45, 2.75) is 0 Å². The van der Waals surface area contributed by atoms with E-state index in [0.717, 1.165) is 38.0 Å². The maximum Gasteiger partial charge on any atom is 0.213 e. The molecule has 2 aromatic heterocycles. The number of hydrogen-bond donors (Lipinski definition) is 2. The summed E-state index contributed by atoms with van der Waals surface area (Å²) >= 11 is 0. The number of benzene rings is 6. The van der Waals surface area contributed by atoms with Crippen molar-refractivity contribution in [1.82, 2.24) is 24.8 Å². The predicted molar refractivity (Wildman–Crippen MR) is 269 cm³/mol. The van der Waals surface area contributed by atoms with E-state index in [2.05, 4.69) is 54.4 Å². The molecular formula is C55H40B2N7OPt-3.